The number of halogens is 4. The molecule has 7 heteroatoms. The van der Waals surface area contributed by atoms with Crippen LogP contribution in [0.4, 0.5) is 13.2 Å². The minimum Gasteiger partial charge on any atom is -0.406 e. The molecule has 1 heterocycles. The smallest absolute Gasteiger partial charge is 0.406 e. The van der Waals surface area contributed by atoms with Crippen LogP contribution in [0.3, 0.4) is 0 Å². The van der Waals surface area contributed by atoms with Crippen LogP contribution in [-0.2, 0) is 0 Å². The summed E-state index contributed by atoms with van der Waals surface area (Å²) in [6.07, 6.45) is 0.982. The molecule has 3 aromatic rings. The molecule has 3 nitrogen and oxygen atoms in total. The van der Waals surface area contributed by atoms with Crippen molar-refractivity contribution in [1.82, 2.24) is 9.78 Å². The van der Waals surface area contributed by atoms with E-state index in [4.69, 9.17) is 5.10 Å². The second kappa shape index (κ2) is 8.22. The first kappa shape index (κ1) is 20.0. The van der Waals surface area contributed by atoms with Gasteiger partial charge in [-0.15, -0.1) is 13.2 Å². The third-order valence-corrected chi connectivity index (χ3v) is 5.71. The van der Waals surface area contributed by atoms with Crippen molar-refractivity contribution >= 4 is 15.9 Å². The van der Waals surface area contributed by atoms with Crippen LogP contribution in [0.2, 0.25) is 0 Å². The van der Waals surface area contributed by atoms with Crippen molar-refractivity contribution < 1.29 is 17.9 Å². The molecule has 1 fully saturated rings. The maximum absolute atomic E-state index is 12.5. The van der Waals surface area contributed by atoms with Crippen LogP contribution in [0.1, 0.15) is 38.1 Å². The van der Waals surface area contributed by atoms with Crippen molar-refractivity contribution in [2.45, 2.75) is 44.5 Å². The first-order valence-corrected chi connectivity index (χ1v) is 10.4. The number of aromatic nitrogens is 2. The third-order valence-electron chi connectivity index (χ3n) is 5.18. The molecule has 29 heavy (non-hydrogen) atoms. The average molecular weight is 465 g/mol. The van der Waals surface area contributed by atoms with Crippen molar-refractivity contribution in [2.75, 3.05) is 0 Å². The number of hydrogen-bond acceptors (Lipinski definition) is 2. The Kier molecular flexibility index (Phi) is 5.67. The Bertz CT molecular complexity index is 959. The Morgan fingerprint density at radius 3 is 2.14 bits per heavy atom. The van der Waals surface area contributed by atoms with Gasteiger partial charge in [0.15, 0.2) is 0 Å². The number of hydrogen-bond donors (Lipinski definition) is 0. The molecule has 1 aliphatic rings. The molecule has 4 rings (SSSR count). The summed E-state index contributed by atoms with van der Waals surface area (Å²) >= 11 is 3.45. The molecule has 0 N–H and O–H groups in total. The lowest BCUT2D eigenvalue weighted by Gasteiger charge is -2.24. The van der Waals surface area contributed by atoms with Crippen LogP contribution in [0, 0.1) is 0 Å². The minimum atomic E-state index is -4.69. The van der Waals surface area contributed by atoms with Gasteiger partial charge in [-0.1, -0.05) is 47.3 Å². The Morgan fingerprint density at radius 2 is 1.52 bits per heavy atom. The van der Waals surface area contributed by atoms with Crippen LogP contribution in [-0.4, -0.2) is 16.1 Å². The molecule has 0 radical (unpaired) electrons. The SMILES string of the molecule is FC(F)(F)Oc1ccc(-c2cc(-c3ccc(Br)cc3)nn2C2CCCCC2)cc1. The van der Waals surface area contributed by atoms with Gasteiger partial charge in [0, 0.05) is 15.6 Å². The van der Waals surface area contributed by atoms with E-state index in [1.54, 1.807) is 12.1 Å². The summed E-state index contributed by atoms with van der Waals surface area (Å²) in [7, 11) is 0. The number of nitrogens with zero attached hydrogens (tertiary/aromatic N) is 2. The normalized spacial score (nSPS) is 15.4. The standard InChI is InChI=1S/C22H20BrF3N2O/c23-17-10-6-15(7-11-17)20-14-21(28(27-20)18-4-2-1-3-5-18)16-8-12-19(13-9-16)29-22(24,25)26/h6-14,18H,1-5H2. The summed E-state index contributed by atoms with van der Waals surface area (Å²) < 4.78 is 44.4. The van der Waals surface area contributed by atoms with Crippen molar-refractivity contribution in [1.29, 1.82) is 0 Å². The molecule has 0 unspecified atom stereocenters. The highest BCUT2D eigenvalue weighted by Crippen LogP contribution is 2.35. The van der Waals surface area contributed by atoms with Gasteiger partial charge in [0.1, 0.15) is 5.75 Å². The van der Waals surface area contributed by atoms with E-state index in [9.17, 15) is 13.2 Å². The van der Waals surface area contributed by atoms with Gasteiger partial charge in [-0.2, -0.15) is 5.10 Å². The van der Waals surface area contributed by atoms with E-state index in [0.29, 0.717) is 6.04 Å². The fraction of sp³-hybridized carbons (Fsp3) is 0.318. The predicted octanol–water partition coefficient (Wildman–Crippen LogP) is 7.38. The number of rotatable bonds is 4. The second-order valence-electron chi connectivity index (χ2n) is 7.23. The summed E-state index contributed by atoms with van der Waals surface area (Å²) in [5.41, 5.74) is 3.59. The van der Waals surface area contributed by atoms with Crippen molar-refractivity contribution in [3.8, 4) is 28.3 Å². The number of alkyl halides is 3. The first-order valence-electron chi connectivity index (χ1n) is 9.61. The lowest BCUT2D eigenvalue weighted by Crippen LogP contribution is -2.17. The largest absolute Gasteiger partial charge is 0.573 e. The van der Waals surface area contributed by atoms with Gasteiger partial charge in [0.25, 0.3) is 0 Å². The van der Waals surface area contributed by atoms with Crippen molar-refractivity contribution in [3.05, 3.63) is 59.1 Å². The molecule has 0 saturated heterocycles. The molecular weight excluding hydrogens is 445 g/mol. The van der Waals surface area contributed by atoms with E-state index in [2.05, 4.69) is 25.3 Å². The van der Waals surface area contributed by atoms with Gasteiger partial charge >= 0.3 is 6.36 Å². The number of benzene rings is 2. The fourth-order valence-electron chi connectivity index (χ4n) is 3.80. The van der Waals surface area contributed by atoms with Crippen LogP contribution < -0.4 is 4.74 Å². The minimum absolute atomic E-state index is 0.224. The van der Waals surface area contributed by atoms with Crippen molar-refractivity contribution in [2.24, 2.45) is 0 Å². The van der Waals surface area contributed by atoms with Crippen LogP contribution in [0.5, 0.6) is 5.75 Å². The Hall–Kier alpha value is -2.28. The Balaban J connectivity index is 1.71. The van der Waals surface area contributed by atoms with Gasteiger partial charge < -0.3 is 4.74 Å². The summed E-state index contributed by atoms with van der Waals surface area (Å²) in [6.45, 7) is 0. The molecule has 1 aromatic heterocycles. The zero-order chi connectivity index (χ0) is 20.4. The summed E-state index contributed by atoms with van der Waals surface area (Å²) in [4.78, 5) is 0. The van der Waals surface area contributed by atoms with E-state index >= 15 is 0 Å². The van der Waals surface area contributed by atoms with E-state index in [1.165, 1.54) is 18.6 Å². The molecule has 1 aliphatic carbocycles. The van der Waals surface area contributed by atoms with Crippen LogP contribution in [0.25, 0.3) is 22.5 Å². The molecule has 0 aliphatic heterocycles. The maximum Gasteiger partial charge on any atom is 0.573 e. The highest BCUT2D eigenvalue weighted by atomic mass is 79.9. The number of ether oxygens (including phenoxy) is 1. The Morgan fingerprint density at radius 1 is 0.897 bits per heavy atom. The van der Waals surface area contributed by atoms with Gasteiger partial charge in [-0.25, -0.2) is 0 Å². The zero-order valence-corrected chi connectivity index (χ0v) is 17.2. The Labute approximate surface area is 175 Å². The topological polar surface area (TPSA) is 27.1 Å². The fourth-order valence-corrected chi connectivity index (χ4v) is 4.07. The lowest BCUT2D eigenvalue weighted by molar-refractivity contribution is -0.274. The monoisotopic (exact) mass is 464 g/mol. The van der Waals surface area contributed by atoms with Gasteiger partial charge in [0.05, 0.1) is 17.4 Å². The van der Waals surface area contributed by atoms with E-state index < -0.39 is 6.36 Å². The summed E-state index contributed by atoms with van der Waals surface area (Å²) in [6, 6.07) is 16.3. The predicted molar refractivity (Wildman–Crippen MR) is 110 cm³/mol. The van der Waals surface area contributed by atoms with Gasteiger partial charge in [0.2, 0.25) is 0 Å². The highest BCUT2D eigenvalue weighted by molar-refractivity contribution is 9.10. The molecule has 152 valence electrons. The lowest BCUT2D eigenvalue weighted by atomic mass is 9.95. The quantitative estimate of drug-likeness (QED) is 0.402. The highest BCUT2D eigenvalue weighted by Gasteiger charge is 2.31. The third kappa shape index (κ3) is 4.83. The molecule has 0 spiro atoms. The van der Waals surface area contributed by atoms with E-state index in [0.717, 1.165) is 52.7 Å². The molecule has 0 atom stereocenters. The maximum atomic E-state index is 12.5. The van der Waals surface area contributed by atoms with Gasteiger partial charge in [-0.05, 0) is 55.3 Å². The van der Waals surface area contributed by atoms with Crippen molar-refractivity contribution in [3.63, 3.8) is 0 Å². The van der Waals surface area contributed by atoms with Crippen LogP contribution >= 0.6 is 15.9 Å². The second-order valence-corrected chi connectivity index (χ2v) is 8.15. The first-order chi connectivity index (χ1) is 13.9. The molecule has 0 amide bonds. The average Bonchev–Trinajstić information content (AvgIpc) is 3.14. The molecule has 0 bridgehead atoms. The molecular formula is C22H20BrF3N2O. The van der Waals surface area contributed by atoms with Gasteiger partial charge in [-0.3, -0.25) is 4.68 Å². The molecule has 1 saturated carbocycles. The van der Waals surface area contributed by atoms with E-state index in [-0.39, 0.29) is 5.75 Å². The summed E-state index contributed by atoms with van der Waals surface area (Å²) in [5.74, 6) is -0.224. The molecule has 2 aromatic carbocycles. The zero-order valence-electron chi connectivity index (χ0n) is 15.6. The van der Waals surface area contributed by atoms with Crippen LogP contribution in [0.15, 0.2) is 59.1 Å². The summed E-state index contributed by atoms with van der Waals surface area (Å²) in [5, 5.41) is 4.88. The van der Waals surface area contributed by atoms with E-state index in [1.807, 2.05) is 30.3 Å².